The van der Waals surface area contributed by atoms with E-state index in [2.05, 4.69) is 18.7 Å². The van der Waals surface area contributed by atoms with Crippen LogP contribution in [0.15, 0.2) is 0 Å². The zero-order chi connectivity index (χ0) is 19.5. The van der Waals surface area contributed by atoms with Gasteiger partial charge in [-0.3, -0.25) is 10.0 Å². The van der Waals surface area contributed by atoms with Gasteiger partial charge in [0.05, 0.1) is 12.2 Å². The number of rotatable bonds is 15. The van der Waals surface area contributed by atoms with E-state index < -0.39 is 0 Å². The number of hydrogen-bond acceptors (Lipinski definition) is 5. The van der Waals surface area contributed by atoms with E-state index in [1.807, 2.05) is 11.8 Å². The van der Waals surface area contributed by atoms with Crippen LogP contribution in [0.3, 0.4) is 0 Å². The van der Waals surface area contributed by atoms with Crippen molar-refractivity contribution in [3.05, 3.63) is 0 Å². The maximum atomic E-state index is 11.3. The van der Waals surface area contributed by atoms with Crippen LogP contribution in [0.2, 0.25) is 0 Å². The Hall–Kier alpha value is 0.0900. The summed E-state index contributed by atoms with van der Waals surface area (Å²) in [6.45, 7) is 2.27. The van der Waals surface area contributed by atoms with E-state index in [4.69, 9.17) is 9.94 Å². The maximum Gasteiger partial charge on any atom is 0.245 e. The molecular formula is C21H39NO3S2. The summed E-state index contributed by atoms with van der Waals surface area (Å²) in [6, 6.07) is 0. The number of thioether (sulfide) groups is 2. The third-order valence-corrected chi connectivity index (χ3v) is 8.23. The molecule has 1 amide bonds. The molecule has 4 nitrogen and oxygen atoms in total. The molecule has 0 aliphatic carbocycles. The van der Waals surface area contributed by atoms with E-state index >= 15 is 0 Å². The summed E-state index contributed by atoms with van der Waals surface area (Å²) in [4.78, 5) is 11.3. The predicted octanol–water partition coefficient (Wildman–Crippen LogP) is 5.23. The lowest BCUT2D eigenvalue weighted by Crippen LogP contribution is -2.29. The fourth-order valence-corrected chi connectivity index (χ4v) is 6.68. The third kappa shape index (κ3) is 8.15. The first-order valence-corrected chi connectivity index (χ1v) is 13.2. The molecule has 0 spiro atoms. The van der Waals surface area contributed by atoms with Crippen LogP contribution >= 0.6 is 23.5 Å². The fourth-order valence-electron chi connectivity index (χ4n) is 4.32. The molecule has 0 radical (unpaired) electrons. The van der Waals surface area contributed by atoms with Gasteiger partial charge in [0.1, 0.15) is 0 Å². The molecule has 0 unspecified atom stereocenters. The first kappa shape index (κ1) is 23.4. The van der Waals surface area contributed by atoms with Gasteiger partial charge in [-0.2, -0.15) is 23.5 Å². The Labute approximate surface area is 174 Å². The number of fused-ring (bicyclic) bond motifs is 2. The van der Waals surface area contributed by atoms with Crippen LogP contribution in [-0.4, -0.2) is 58.4 Å². The molecule has 0 aromatic rings. The van der Waals surface area contributed by atoms with Crippen molar-refractivity contribution in [1.82, 2.24) is 5.06 Å². The van der Waals surface area contributed by atoms with E-state index in [0.717, 1.165) is 30.4 Å². The van der Waals surface area contributed by atoms with Crippen LogP contribution in [0.4, 0.5) is 0 Å². The Kier molecular flexibility index (Phi) is 11.5. The lowest BCUT2D eigenvalue weighted by molar-refractivity contribution is -0.159. The Balaban J connectivity index is 1.55. The molecule has 158 valence electrons. The van der Waals surface area contributed by atoms with Gasteiger partial charge >= 0.3 is 0 Å². The van der Waals surface area contributed by atoms with Gasteiger partial charge in [0.25, 0.3) is 0 Å². The number of unbranched alkanes of at least 4 members (excludes halogenated alkanes) is 4. The van der Waals surface area contributed by atoms with Gasteiger partial charge in [-0.05, 0) is 73.4 Å². The average Bonchev–Trinajstić information content (AvgIpc) is 3.25. The Bertz CT molecular complexity index is 422. The van der Waals surface area contributed by atoms with Crippen molar-refractivity contribution in [3.63, 3.8) is 0 Å². The van der Waals surface area contributed by atoms with Gasteiger partial charge in [-0.15, -0.1) is 0 Å². The minimum atomic E-state index is -0.186. The smallest absolute Gasteiger partial charge is 0.245 e. The minimum Gasteiger partial charge on any atom is -0.374 e. The van der Waals surface area contributed by atoms with Crippen LogP contribution in [0.25, 0.3) is 0 Å². The largest absolute Gasteiger partial charge is 0.374 e. The summed E-state index contributed by atoms with van der Waals surface area (Å²) in [5.74, 6) is 6.29. The van der Waals surface area contributed by atoms with Crippen molar-refractivity contribution >= 4 is 29.4 Å². The molecule has 2 saturated heterocycles. The standard InChI is InChI=1S/C21H39NO3S2/c1-3-4-5-7-14-27-16-18-17(19-10-11-20(18)25-19)12-15-26-13-8-6-9-21(23)22(2)24/h17-20,24H,3-16H2,1-2H3/t17-,18+,19-,20+/m1/s1. The Morgan fingerprint density at radius 3 is 2.44 bits per heavy atom. The third-order valence-electron chi connectivity index (χ3n) is 5.93. The molecule has 6 heteroatoms. The summed E-state index contributed by atoms with van der Waals surface area (Å²) in [7, 11) is 1.40. The van der Waals surface area contributed by atoms with Gasteiger partial charge in [-0.25, -0.2) is 5.06 Å². The molecule has 1 N–H and O–H groups in total. The highest BCUT2D eigenvalue weighted by atomic mass is 32.2. The monoisotopic (exact) mass is 417 g/mol. The summed E-state index contributed by atoms with van der Waals surface area (Å²) in [6.07, 6.45) is 12.7. The van der Waals surface area contributed by atoms with E-state index in [0.29, 0.717) is 23.7 Å². The number of hydroxylamine groups is 2. The van der Waals surface area contributed by atoms with Crippen LogP contribution in [0.1, 0.15) is 71.1 Å². The first-order chi connectivity index (χ1) is 13.1. The molecule has 2 heterocycles. The van der Waals surface area contributed by atoms with Crippen molar-refractivity contribution in [2.45, 2.75) is 83.3 Å². The van der Waals surface area contributed by atoms with Gasteiger partial charge in [0.2, 0.25) is 5.91 Å². The zero-order valence-electron chi connectivity index (χ0n) is 17.2. The molecule has 0 saturated carbocycles. The number of hydrogen-bond donors (Lipinski definition) is 1. The molecule has 2 fully saturated rings. The summed E-state index contributed by atoms with van der Waals surface area (Å²) < 4.78 is 6.25. The second kappa shape index (κ2) is 13.3. The highest BCUT2D eigenvalue weighted by Gasteiger charge is 2.47. The minimum absolute atomic E-state index is 0.186. The van der Waals surface area contributed by atoms with Crippen LogP contribution in [-0.2, 0) is 9.53 Å². The SMILES string of the molecule is CCCCCCSC[C@H]1[C@@H](CCSCCCCC(=O)N(C)O)[C@H]2CC[C@@H]1O2. The molecule has 2 aliphatic heterocycles. The molecule has 27 heavy (non-hydrogen) atoms. The first-order valence-electron chi connectivity index (χ1n) is 10.9. The number of carbonyl (C=O) groups is 1. The van der Waals surface area contributed by atoms with E-state index in [1.54, 1.807) is 0 Å². The maximum absolute atomic E-state index is 11.3. The van der Waals surface area contributed by atoms with Crippen LogP contribution in [0, 0.1) is 11.8 Å². The van der Waals surface area contributed by atoms with Crippen molar-refractivity contribution in [3.8, 4) is 0 Å². The van der Waals surface area contributed by atoms with E-state index in [-0.39, 0.29) is 5.91 Å². The van der Waals surface area contributed by atoms with Crippen LogP contribution < -0.4 is 0 Å². The van der Waals surface area contributed by atoms with Crippen molar-refractivity contribution in [1.29, 1.82) is 0 Å². The molecule has 2 aliphatic rings. The van der Waals surface area contributed by atoms with Crippen molar-refractivity contribution in [2.24, 2.45) is 11.8 Å². The van der Waals surface area contributed by atoms with Crippen molar-refractivity contribution in [2.75, 3.05) is 30.1 Å². The second-order valence-electron chi connectivity index (χ2n) is 8.03. The number of nitrogens with zero attached hydrogens (tertiary/aromatic N) is 1. The topological polar surface area (TPSA) is 49.8 Å². The normalized spacial score (nSPS) is 26.6. The molecule has 4 atom stereocenters. The lowest BCUT2D eigenvalue weighted by Gasteiger charge is -2.27. The van der Waals surface area contributed by atoms with Gasteiger partial charge in [0.15, 0.2) is 0 Å². The molecule has 2 rings (SSSR count). The molecular weight excluding hydrogens is 378 g/mol. The van der Waals surface area contributed by atoms with Gasteiger partial charge in [-0.1, -0.05) is 26.2 Å². The molecule has 0 aromatic carbocycles. The lowest BCUT2D eigenvalue weighted by atomic mass is 9.79. The van der Waals surface area contributed by atoms with E-state index in [9.17, 15) is 4.79 Å². The second-order valence-corrected chi connectivity index (χ2v) is 10.4. The number of carbonyl (C=O) groups excluding carboxylic acids is 1. The zero-order valence-corrected chi connectivity index (χ0v) is 18.9. The summed E-state index contributed by atoms with van der Waals surface area (Å²) >= 11 is 4.17. The highest BCUT2D eigenvalue weighted by Crippen LogP contribution is 2.46. The average molecular weight is 418 g/mol. The predicted molar refractivity (Wildman–Crippen MR) is 117 cm³/mol. The van der Waals surface area contributed by atoms with Gasteiger partial charge in [0, 0.05) is 13.5 Å². The number of amides is 1. The number of ether oxygens (including phenoxy) is 1. The quantitative estimate of drug-likeness (QED) is 0.224. The molecule has 2 bridgehead atoms. The Morgan fingerprint density at radius 2 is 1.70 bits per heavy atom. The van der Waals surface area contributed by atoms with Gasteiger partial charge < -0.3 is 4.74 Å². The Morgan fingerprint density at radius 1 is 1.00 bits per heavy atom. The highest BCUT2D eigenvalue weighted by molar-refractivity contribution is 7.99. The van der Waals surface area contributed by atoms with Crippen molar-refractivity contribution < 1.29 is 14.7 Å². The summed E-state index contributed by atoms with van der Waals surface area (Å²) in [5, 5.41) is 9.74. The van der Waals surface area contributed by atoms with E-state index in [1.165, 1.54) is 69.3 Å². The summed E-state index contributed by atoms with van der Waals surface area (Å²) in [5.41, 5.74) is 0. The van der Waals surface area contributed by atoms with Crippen LogP contribution in [0.5, 0.6) is 0 Å². The fraction of sp³-hybridized carbons (Fsp3) is 0.952. The molecule has 0 aromatic heterocycles.